The first-order valence-electron chi connectivity index (χ1n) is 25.9. The smallest absolute Gasteiger partial charge is 0.343 e. The third kappa shape index (κ3) is 16.2. The van der Waals surface area contributed by atoms with Gasteiger partial charge in [0.1, 0.15) is 31.0 Å². The highest BCUT2D eigenvalue weighted by atomic mass is 16.6. The minimum Gasteiger partial charge on any atom is -0.489 e. The Bertz CT molecular complexity index is 2800. The average molecular weight is 1070 g/mol. The van der Waals surface area contributed by atoms with Crippen LogP contribution in [-0.4, -0.2) is 136 Å². The predicted molar refractivity (Wildman–Crippen MR) is 282 cm³/mol. The van der Waals surface area contributed by atoms with Crippen molar-refractivity contribution in [1.82, 2.24) is 25.5 Å². The van der Waals surface area contributed by atoms with Gasteiger partial charge in [0, 0.05) is 46.6 Å². The molecule has 6 rings (SSSR count). The number of pyridine rings is 2. The number of anilines is 1. The number of benzene rings is 2. The van der Waals surface area contributed by atoms with E-state index in [4.69, 9.17) is 49.4 Å². The Morgan fingerprint density at radius 1 is 0.883 bits per heavy atom. The molecule has 4 heterocycles. The molecule has 2 aliphatic heterocycles. The molecular formula is C53H70N10O14. The summed E-state index contributed by atoms with van der Waals surface area (Å²) in [6.45, 7) is 11.2. The number of hydrogen-bond donors (Lipinski definition) is 6. The molecule has 2 unspecified atom stereocenters. The summed E-state index contributed by atoms with van der Waals surface area (Å²) < 4.78 is 40.2. The van der Waals surface area contributed by atoms with Crippen molar-refractivity contribution >= 4 is 46.3 Å². The lowest BCUT2D eigenvalue weighted by Crippen LogP contribution is -2.54. The first-order chi connectivity index (χ1) is 37.2. The van der Waals surface area contributed by atoms with Crippen molar-refractivity contribution in [2.45, 2.75) is 97.2 Å². The number of nitrogens with two attached hydrogens (primary N) is 1. The van der Waals surface area contributed by atoms with Gasteiger partial charge in [-0.05, 0) is 84.7 Å². The highest BCUT2D eigenvalue weighted by Gasteiger charge is 2.45. The van der Waals surface area contributed by atoms with E-state index in [1.165, 1.54) is 0 Å². The molecule has 3 atom stereocenters. The van der Waals surface area contributed by atoms with Crippen LogP contribution >= 0.6 is 0 Å². The molecular weight excluding hydrogens is 1000 g/mol. The van der Waals surface area contributed by atoms with Gasteiger partial charge in [0.2, 0.25) is 17.7 Å². The summed E-state index contributed by atoms with van der Waals surface area (Å²) in [4.78, 5) is 85.7. The fourth-order valence-electron chi connectivity index (χ4n) is 8.84. The fourth-order valence-corrected chi connectivity index (χ4v) is 8.84. The molecule has 0 aliphatic carbocycles. The minimum absolute atomic E-state index is 0.0133. The highest BCUT2D eigenvalue weighted by molar-refractivity contribution is 5.98. The third-order valence-corrected chi connectivity index (χ3v) is 13.0. The predicted octanol–water partition coefficient (Wildman–Crippen LogP) is 4.02. The van der Waals surface area contributed by atoms with Gasteiger partial charge in [0.15, 0.2) is 5.60 Å². The summed E-state index contributed by atoms with van der Waals surface area (Å²) in [5.41, 5.74) is 16.7. The second-order valence-corrected chi connectivity index (χ2v) is 18.6. The third-order valence-electron chi connectivity index (χ3n) is 13.0. The maximum absolute atomic E-state index is 13.8. The Morgan fingerprint density at radius 2 is 1.55 bits per heavy atom. The number of carbonyl (C=O) groups is 5. The molecule has 2 aliphatic rings. The zero-order valence-electron chi connectivity index (χ0n) is 44.1. The number of rotatable bonds is 33. The second-order valence-electron chi connectivity index (χ2n) is 18.6. The molecule has 2 aromatic heterocycles. The lowest BCUT2D eigenvalue weighted by molar-refractivity contribution is -0.172. The van der Waals surface area contributed by atoms with Crippen molar-refractivity contribution in [3.05, 3.63) is 97.1 Å². The van der Waals surface area contributed by atoms with Gasteiger partial charge in [-0.1, -0.05) is 44.9 Å². The molecule has 416 valence electrons. The summed E-state index contributed by atoms with van der Waals surface area (Å²) in [6, 6.07) is 11.6. The number of nitrogens with one attached hydrogen (secondary N) is 4. The first kappa shape index (κ1) is 59.1. The molecule has 0 radical (unpaired) electrons. The van der Waals surface area contributed by atoms with Crippen molar-refractivity contribution in [3.63, 3.8) is 0 Å². The Kier molecular flexibility index (Phi) is 22.5. The summed E-state index contributed by atoms with van der Waals surface area (Å²) in [5, 5.41) is 26.4. The van der Waals surface area contributed by atoms with Crippen molar-refractivity contribution < 1.29 is 62.2 Å². The number of fused-ring (bicyclic) bond motifs is 5. The number of cyclic esters (lactones) is 1. The van der Waals surface area contributed by atoms with Gasteiger partial charge in [-0.2, -0.15) is 0 Å². The van der Waals surface area contributed by atoms with Gasteiger partial charge >= 0.3 is 12.0 Å². The molecule has 24 heteroatoms. The second kappa shape index (κ2) is 29.4. The van der Waals surface area contributed by atoms with E-state index >= 15 is 0 Å². The molecule has 4 aromatic rings. The Balaban J connectivity index is 0.965. The molecule has 0 saturated carbocycles. The van der Waals surface area contributed by atoms with E-state index in [9.17, 15) is 33.9 Å². The number of carbonyl (C=O) groups excluding carboxylic acids is 5. The molecule has 24 nitrogen and oxygen atoms in total. The van der Waals surface area contributed by atoms with Crippen LogP contribution in [-0.2, 0) is 79.4 Å². The zero-order chi connectivity index (χ0) is 55.3. The average Bonchev–Trinajstić information content (AvgIpc) is 3.90. The summed E-state index contributed by atoms with van der Waals surface area (Å²) in [5.74, 6) is -1.99. The van der Waals surface area contributed by atoms with E-state index < -0.39 is 47.4 Å². The van der Waals surface area contributed by atoms with Crippen LogP contribution in [0.1, 0.15) is 81.2 Å². The zero-order valence-corrected chi connectivity index (χ0v) is 44.1. The summed E-state index contributed by atoms with van der Waals surface area (Å²) >= 11 is 0. The highest BCUT2D eigenvalue weighted by Crippen LogP contribution is 2.41. The van der Waals surface area contributed by atoms with Crippen LogP contribution in [0.15, 0.2) is 58.4 Å². The van der Waals surface area contributed by atoms with Crippen molar-refractivity contribution in [2.75, 3.05) is 84.5 Å². The van der Waals surface area contributed by atoms with E-state index in [2.05, 4.69) is 31.3 Å². The lowest BCUT2D eigenvalue weighted by atomic mass is 9.86. The number of aromatic nitrogens is 2. The Hall–Kier alpha value is -7.18. The van der Waals surface area contributed by atoms with Crippen LogP contribution in [0.3, 0.4) is 0 Å². The van der Waals surface area contributed by atoms with Crippen molar-refractivity contribution in [3.8, 4) is 17.1 Å². The van der Waals surface area contributed by atoms with E-state index in [0.717, 1.165) is 22.1 Å². The topological polar surface area (TPSA) is 328 Å². The maximum Gasteiger partial charge on any atom is 0.343 e. The number of azide groups is 1. The van der Waals surface area contributed by atoms with Gasteiger partial charge < -0.3 is 69.8 Å². The Labute approximate surface area is 445 Å². The van der Waals surface area contributed by atoms with E-state index in [-0.39, 0.29) is 87.9 Å². The molecule has 77 heavy (non-hydrogen) atoms. The molecule has 5 amide bonds. The number of urea groups is 1. The SMILES string of the molecule is CCc1c2c(nc3ccc(OCc4ccc(NC(=O)C(CCCNC(N)=O)NC(=O)C(NC(=O)CCOCCOCCOCCOCCOCCN=[N+]=[N-])C(C)C)cc4)cc13)-c1cc3c(c(=O)n1C2)COC(=O)[C@]3(O)CC. The van der Waals surface area contributed by atoms with Crippen LogP contribution in [0.4, 0.5) is 10.5 Å². The number of esters is 1. The number of aliphatic hydroxyl groups is 1. The molecule has 7 N–H and O–H groups in total. The number of amides is 5. The number of nitrogens with zero attached hydrogens (tertiary/aromatic N) is 5. The minimum atomic E-state index is -1.92. The standard InChI is InChI=1S/C53H70N10O14/c1-5-37-38-28-36(13-14-42(38)59-47-39(37)30-63-44(47)29-41-40(50(63)67)32-77-51(68)53(41,70)6-2)76-31-34-9-11-35(12-10-34)58-48(65)43(8-7-16-56-52(54)69)60-49(66)46(33(3)4)61-45(64)15-18-71-20-22-73-24-26-75-27-25-74-23-21-72-19-17-57-62-55/h9-14,28-29,33,43,46,70H,5-8,15-27,30-32H2,1-4H3,(H,58,65)(H,60,66)(H,61,64)(H3,54,56,69)/t43?,46?,53-/m0/s1. The molecule has 0 spiro atoms. The summed E-state index contributed by atoms with van der Waals surface area (Å²) in [7, 11) is 0. The van der Waals surface area contributed by atoms with Crippen LogP contribution in [0, 0.1) is 5.92 Å². The monoisotopic (exact) mass is 1070 g/mol. The number of primary amides is 1. The van der Waals surface area contributed by atoms with Crippen molar-refractivity contribution in [1.29, 1.82) is 0 Å². The van der Waals surface area contributed by atoms with Gasteiger partial charge in [0.05, 0.1) is 95.1 Å². The normalized spacial score (nSPS) is 15.1. The van der Waals surface area contributed by atoms with Crippen LogP contribution < -0.4 is 37.3 Å². The first-order valence-corrected chi connectivity index (χ1v) is 25.9. The fraction of sp³-hybridized carbons (Fsp3) is 0.528. The number of aryl methyl sites for hydroxylation is 1. The Morgan fingerprint density at radius 3 is 2.17 bits per heavy atom. The quantitative estimate of drug-likeness (QED) is 0.0114. The largest absolute Gasteiger partial charge is 0.489 e. The maximum atomic E-state index is 13.8. The van der Waals surface area contributed by atoms with Crippen molar-refractivity contribution in [2.24, 2.45) is 16.8 Å². The van der Waals surface area contributed by atoms with Gasteiger partial charge in [-0.3, -0.25) is 19.2 Å². The van der Waals surface area contributed by atoms with E-state index in [1.54, 1.807) is 55.7 Å². The van der Waals surface area contributed by atoms with Crippen LogP contribution in [0.2, 0.25) is 0 Å². The number of ether oxygens (including phenoxy) is 7. The van der Waals surface area contributed by atoms with Crippen LogP contribution in [0.25, 0.3) is 32.7 Å². The van der Waals surface area contributed by atoms with Crippen LogP contribution in [0.5, 0.6) is 5.75 Å². The van der Waals surface area contributed by atoms with E-state index in [0.29, 0.717) is 94.0 Å². The van der Waals surface area contributed by atoms with Gasteiger partial charge in [-0.25, -0.2) is 14.6 Å². The molecule has 0 fully saturated rings. The lowest BCUT2D eigenvalue weighted by Gasteiger charge is -2.31. The van der Waals surface area contributed by atoms with Gasteiger partial charge in [0.25, 0.3) is 5.56 Å². The van der Waals surface area contributed by atoms with E-state index in [1.807, 2.05) is 25.1 Å². The molecule has 0 bridgehead atoms. The molecule has 0 saturated heterocycles. The molecule has 2 aromatic carbocycles. The van der Waals surface area contributed by atoms with Gasteiger partial charge in [-0.15, -0.1) is 0 Å². The summed E-state index contributed by atoms with van der Waals surface area (Å²) in [6.07, 6.45) is 1.13. The number of hydrogen-bond acceptors (Lipinski definition) is 16.